The van der Waals surface area contributed by atoms with Crippen LogP contribution in [0.5, 0.6) is 28.7 Å². The molecule has 0 amide bonds. The van der Waals surface area contributed by atoms with E-state index in [1.807, 2.05) is 0 Å². The number of methoxy groups -OCH3 is 4. The van der Waals surface area contributed by atoms with Gasteiger partial charge in [-0.15, -0.1) is 0 Å². The van der Waals surface area contributed by atoms with Gasteiger partial charge in [0.05, 0.1) is 34.1 Å². The number of anilines is 2. The van der Waals surface area contributed by atoms with Gasteiger partial charge in [0, 0.05) is 23.4 Å². The van der Waals surface area contributed by atoms with Crippen LogP contribution in [0.25, 0.3) is 0 Å². The van der Waals surface area contributed by atoms with Gasteiger partial charge in [-0.2, -0.15) is 0 Å². The Morgan fingerprint density at radius 1 is 0.792 bits per heavy atom. The molecule has 0 fully saturated rings. The number of nitrogen functional groups attached to an aromatic ring is 2. The third-order valence-corrected chi connectivity index (χ3v) is 3.32. The van der Waals surface area contributed by atoms with Gasteiger partial charge in [-0.1, -0.05) is 0 Å². The number of phenols is 1. The zero-order chi connectivity index (χ0) is 18.3. The quantitative estimate of drug-likeness (QED) is 0.581. The number of phenolic OH excluding ortho intramolecular Hbond substituents is 1. The number of aromatic hydroxyl groups is 1. The van der Waals surface area contributed by atoms with E-state index in [1.54, 1.807) is 59.6 Å². The van der Waals surface area contributed by atoms with E-state index in [9.17, 15) is 5.11 Å². The molecule has 0 spiro atoms. The molecule has 0 aliphatic rings. The monoisotopic (exact) mass is 336 g/mol. The molecular formula is C17H24N2O5. The number of rotatable bonds is 4. The average molecular weight is 336 g/mol. The molecule has 0 atom stereocenters. The van der Waals surface area contributed by atoms with E-state index in [0.717, 1.165) is 0 Å². The first kappa shape index (κ1) is 19.1. The normalized spacial score (nSPS) is 9.54. The Balaban J connectivity index is 0.000000243. The van der Waals surface area contributed by atoms with Crippen molar-refractivity contribution in [2.45, 2.75) is 6.92 Å². The topological polar surface area (TPSA) is 109 Å². The minimum absolute atomic E-state index is 0.101. The molecule has 7 nitrogen and oxygen atoms in total. The van der Waals surface area contributed by atoms with Crippen molar-refractivity contribution >= 4 is 11.4 Å². The molecule has 24 heavy (non-hydrogen) atoms. The molecular weight excluding hydrogens is 312 g/mol. The maximum Gasteiger partial charge on any atom is 0.203 e. The van der Waals surface area contributed by atoms with Gasteiger partial charge in [0.25, 0.3) is 0 Å². The lowest BCUT2D eigenvalue weighted by atomic mass is 10.2. The standard InChI is InChI=1S/C9H13NO3.C8H11NO2/c1-11-7-4-6(10)5-8(12-2)9(7)13-3;1-5-7(11-2)4-3-6(9)8(5)10/h4-5H,10H2,1-3H3;3-4,10H,9H2,1-2H3. The summed E-state index contributed by atoms with van der Waals surface area (Å²) in [5.74, 6) is 2.44. The Morgan fingerprint density at radius 3 is 1.71 bits per heavy atom. The Bertz CT molecular complexity index is 664. The van der Waals surface area contributed by atoms with Crippen molar-refractivity contribution in [3.63, 3.8) is 0 Å². The van der Waals surface area contributed by atoms with Gasteiger partial charge in [-0.25, -0.2) is 0 Å². The molecule has 2 aromatic carbocycles. The SMILES string of the molecule is COc1cc(N)cc(OC)c1OC.COc1ccc(N)c(O)c1C. The maximum absolute atomic E-state index is 9.31. The van der Waals surface area contributed by atoms with E-state index in [1.165, 1.54) is 0 Å². The number of benzene rings is 2. The highest BCUT2D eigenvalue weighted by Gasteiger charge is 2.11. The molecule has 0 aliphatic heterocycles. The summed E-state index contributed by atoms with van der Waals surface area (Å²) in [6.07, 6.45) is 0. The van der Waals surface area contributed by atoms with Crippen LogP contribution in [0.3, 0.4) is 0 Å². The number of hydrogen-bond acceptors (Lipinski definition) is 7. The lowest BCUT2D eigenvalue weighted by molar-refractivity contribution is 0.325. The molecule has 0 saturated heterocycles. The van der Waals surface area contributed by atoms with Gasteiger partial charge in [0.2, 0.25) is 5.75 Å². The van der Waals surface area contributed by atoms with Crippen LogP contribution in [0.4, 0.5) is 11.4 Å². The van der Waals surface area contributed by atoms with E-state index in [2.05, 4.69) is 0 Å². The molecule has 0 unspecified atom stereocenters. The fourth-order valence-electron chi connectivity index (χ4n) is 2.03. The van der Waals surface area contributed by atoms with E-state index in [0.29, 0.717) is 39.9 Å². The summed E-state index contributed by atoms with van der Waals surface area (Å²) in [5, 5.41) is 9.31. The van der Waals surface area contributed by atoms with Gasteiger partial charge >= 0.3 is 0 Å². The van der Waals surface area contributed by atoms with Gasteiger partial charge < -0.3 is 35.5 Å². The number of ether oxygens (including phenoxy) is 4. The Kier molecular flexibility index (Phi) is 6.85. The Morgan fingerprint density at radius 2 is 1.29 bits per heavy atom. The van der Waals surface area contributed by atoms with Crippen LogP contribution in [0.2, 0.25) is 0 Å². The van der Waals surface area contributed by atoms with Crippen LogP contribution in [-0.2, 0) is 0 Å². The fourth-order valence-corrected chi connectivity index (χ4v) is 2.03. The van der Waals surface area contributed by atoms with Crippen molar-refractivity contribution in [2.75, 3.05) is 39.9 Å². The summed E-state index contributed by atoms with van der Waals surface area (Å²) in [6.45, 7) is 1.75. The largest absolute Gasteiger partial charge is 0.505 e. The molecule has 5 N–H and O–H groups in total. The molecule has 7 heteroatoms. The second-order valence-corrected chi connectivity index (χ2v) is 4.79. The summed E-state index contributed by atoms with van der Waals surface area (Å²) in [4.78, 5) is 0. The first-order chi connectivity index (χ1) is 11.4. The molecule has 132 valence electrons. The highest BCUT2D eigenvalue weighted by atomic mass is 16.5. The number of hydrogen-bond donors (Lipinski definition) is 3. The van der Waals surface area contributed by atoms with Crippen molar-refractivity contribution < 1.29 is 24.1 Å². The lowest BCUT2D eigenvalue weighted by Crippen LogP contribution is -1.96. The van der Waals surface area contributed by atoms with Gasteiger partial charge in [-0.05, 0) is 19.1 Å². The summed E-state index contributed by atoms with van der Waals surface area (Å²) in [5.41, 5.74) is 12.7. The molecule has 0 heterocycles. The second kappa shape index (κ2) is 8.61. The molecule has 0 saturated carbocycles. The highest BCUT2D eigenvalue weighted by molar-refractivity contribution is 5.61. The Hall–Kier alpha value is -2.96. The number of nitrogens with two attached hydrogens (primary N) is 2. The molecule has 2 rings (SSSR count). The third kappa shape index (κ3) is 4.28. The second-order valence-electron chi connectivity index (χ2n) is 4.79. The van der Waals surface area contributed by atoms with Crippen molar-refractivity contribution in [3.8, 4) is 28.7 Å². The van der Waals surface area contributed by atoms with Gasteiger partial charge in [0.1, 0.15) is 11.5 Å². The third-order valence-electron chi connectivity index (χ3n) is 3.32. The predicted octanol–water partition coefficient (Wildman–Crippen LogP) is 2.59. The van der Waals surface area contributed by atoms with Gasteiger partial charge in [0.15, 0.2) is 11.5 Å². The average Bonchev–Trinajstić information content (AvgIpc) is 2.59. The van der Waals surface area contributed by atoms with E-state index in [4.69, 9.17) is 30.4 Å². The highest BCUT2D eigenvalue weighted by Crippen LogP contribution is 2.38. The van der Waals surface area contributed by atoms with Crippen molar-refractivity contribution in [3.05, 3.63) is 29.8 Å². The summed E-state index contributed by atoms with van der Waals surface area (Å²) >= 11 is 0. The van der Waals surface area contributed by atoms with Crippen LogP contribution >= 0.6 is 0 Å². The predicted molar refractivity (Wildman–Crippen MR) is 94.3 cm³/mol. The lowest BCUT2D eigenvalue weighted by Gasteiger charge is -2.12. The van der Waals surface area contributed by atoms with E-state index in [-0.39, 0.29) is 5.75 Å². The van der Waals surface area contributed by atoms with E-state index >= 15 is 0 Å². The molecule has 2 aromatic rings. The first-order valence-electron chi connectivity index (χ1n) is 7.07. The summed E-state index contributed by atoms with van der Waals surface area (Å²) in [7, 11) is 6.21. The first-order valence-corrected chi connectivity index (χ1v) is 7.07. The van der Waals surface area contributed by atoms with Crippen molar-refractivity contribution in [1.82, 2.24) is 0 Å². The fraction of sp³-hybridized carbons (Fsp3) is 0.294. The van der Waals surface area contributed by atoms with Crippen molar-refractivity contribution in [1.29, 1.82) is 0 Å². The van der Waals surface area contributed by atoms with E-state index < -0.39 is 0 Å². The zero-order valence-corrected chi connectivity index (χ0v) is 14.5. The molecule has 0 bridgehead atoms. The van der Waals surface area contributed by atoms with Crippen molar-refractivity contribution in [2.24, 2.45) is 0 Å². The zero-order valence-electron chi connectivity index (χ0n) is 14.5. The maximum atomic E-state index is 9.31. The van der Waals surface area contributed by atoms with Crippen LogP contribution < -0.4 is 30.4 Å². The van der Waals surface area contributed by atoms with Crippen LogP contribution in [-0.4, -0.2) is 33.5 Å². The minimum Gasteiger partial charge on any atom is -0.505 e. The van der Waals surface area contributed by atoms with Crippen LogP contribution in [0.1, 0.15) is 5.56 Å². The minimum atomic E-state index is 0.101. The summed E-state index contributed by atoms with van der Waals surface area (Å²) < 4.78 is 20.2. The van der Waals surface area contributed by atoms with Crippen LogP contribution in [0, 0.1) is 6.92 Å². The summed E-state index contributed by atoms with van der Waals surface area (Å²) in [6, 6.07) is 6.70. The molecule has 0 aliphatic carbocycles. The van der Waals surface area contributed by atoms with Gasteiger partial charge in [-0.3, -0.25) is 0 Å². The Labute approximate surface area is 141 Å². The molecule has 0 radical (unpaired) electrons. The van der Waals surface area contributed by atoms with Crippen LogP contribution in [0.15, 0.2) is 24.3 Å². The molecule has 0 aromatic heterocycles. The smallest absolute Gasteiger partial charge is 0.203 e.